The number of aromatic hydroxyl groups is 1. The highest BCUT2D eigenvalue weighted by atomic mass is 35.5. The predicted molar refractivity (Wildman–Crippen MR) is 147 cm³/mol. The lowest BCUT2D eigenvalue weighted by atomic mass is 9.96. The molecule has 4 heterocycles. The molecule has 1 aliphatic heterocycles. The van der Waals surface area contributed by atoms with Gasteiger partial charge in [-0.05, 0) is 40.6 Å². The van der Waals surface area contributed by atoms with Crippen molar-refractivity contribution < 1.29 is 18.3 Å². The maximum atomic E-state index is 14.0. The van der Waals surface area contributed by atoms with E-state index in [1.54, 1.807) is 47.6 Å². The Bertz CT molecular complexity index is 1970. The highest BCUT2D eigenvalue weighted by molar-refractivity contribution is 7.10. The molecule has 5 aromatic rings. The number of imidazole rings is 2. The fourth-order valence-corrected chi connectivity index (χ4v) is 5.74. The normalized spacial score (nSPS) is 13.4. The Labute approximate surface area is 238 Å². The molecule has 0 unspecified atom stereocenters. The first-order valence-electron chi connectivity index (χ1n) is 12.2. The van der Waals surface area contributed by atoms with E-state index >= 15 is 0 Å². The zero-order chi connectivity index (χ0) is 28.7. The van der Waals surface area contributed by atoms with Crippen LogP contribution in [0.25, 0.3) is 5.57 Å². The smallest absolute Gasteiger partial charge is 0.416 e. The molecule has 9 nitrogen and oxygen atoms in total. The van der Waals surface area contributed by atoms with Crippen molar-refractivity contribution in [2.75, 3.05) is 0 Å². The van der Waals surface area contributed by atoms with E-state index < -0.39 is 16.6 Å². The minimum atomic E-state index is -4.67. The maximum absolute atomic E-state index is 14.0. The Kier molecular flexibility index (Phi) is 6.83. The van der Waals surface area contributed by atoms with Gasteiger partial charge in [0.2, 0.25) is 5.88 Å². The average molecular weight is 598 g/mol. The standard InChI is InChI=1S/C27H19ClF3N7O2S/c28-18-3-1-16(20(11-18)27(29,30)31)10-19(15-2-4-21-17(9-15)12-35-36-21)24-25(39)38(26(40)41-24)14-23-34-7-8-37(23)13-22-32-5-6-33-22/h1-9,11-12,39H,10,13-14H2,(H,32,33). The molecule has 3 aromatic heterocycles. The number of aromatic nitrogens is 5. The summed E-state index contributed by atoms with van der Waals surface area (Å²) >= 11 is 6.65. The van der Waals surface area contributed by atoms with Crippen molar-refractivity contribution in [3.8, 4) is 5.88 Å². The molecule has 1 aliphatic rings. The van der Waals surface area contributed by atoms with E-state index in [0.717, 1.165) is 22.0 Å². The molecule has 0 bridgehead atoms. The molecule has 2 aromatic carbocycles. The summed E-state index contributed by atoms with van der Waals surface area (Å²) in [4.78, 5) is 24.4. The minimum Gasteiger partial charge on any atom is -0.493 e. The van der Waals surface area contributed by atoms with Crippen LogP contribution in [0, 0.1) is 0 Å². The molecule has 41 heavy (non-hydrogen) atoms. The fourth-order valence-electron chi connectivity index (χ4n) is 4.62. The molecular formula is C27H19ClF3N7O2S. The molecule has 0 saturated heterocycles. The third-order valence-electron chi connectivity index (χ3n) is 6.60. The quantitative estimate of drug-likeness (QED) is 0.298. The van der Waals surface area contributed by atoms with Crippen LogP contribution < -0.4 is 15.4 Å². The zero-order valence-electron chi connectivity index (χ0n) is 20.9. The van der Waals surface area contributed by atoms with Crippen LogP contribution in [0.4, 0.5) is 13.2 Å². The number of nitrogens with zero attached hydrogens (tertiary/aromatic N) is 6. The summed E-state index contributed by atoms with van der Waals surface area (Å²) < 4.78 is 44.9. The van der Waals surface area contributed by atoms with E-state index in [0.29, 0.717) is 39.9 Å². The number of thiazole rings is 1. The van der Waals surface area contributed by atoms with Gasteiger partial charge in [0.25, 0.3) is 0 Å². The summed E-state index contributed by atoms with van der Waals surface area (Å²) in [5, 5.41) is 20.3. The third-order valence-corrected chi connectivity index (χ3v) is 7.86. The molecule has 2 N–H and O–H groups in total. The largest absolute Gasteiger partial charge is 0.493 e. The second-order valence-electron chi connectivity index (χ2n) is 9.19. The van der Waals surface area contributed by atoms with Crippen LogP contribution in [0.5, 0.6) is 5.88 Å². The van der Waals surface area contributed by atoms with E-state index in [1.807, 2.05) is 0 Å². The molecule has 6 rings (SSSR count). The predicted octanol–water partition coefficient (Wildman–Crippen LogP) is 3.71. The lowest BCUT2D eigenvalue weighted by molar-refractivity contribution is -0.138. The third kappa shape index (κ3) is 5.33. The average Bonchev–Trinajstić information content (AvgIpc) is 3.74. The summed E-state index contributed by atoms with van der Waals surface area (Å²) in [6.07, 6.45) is 3.23. The van der Waals surface area contributed by atoms with Crippen molar-refractivity contribution in [3.05, 3.63) is 120 Å². The molecule has 0 saturated carbocycles. The van der Waals surface area contributed by atoms with Gasteiger partial charge in [-0.1, -0.05) is 35.1 Å². The van der Waals surface area contributed by atoms with Gasteiger partial charge in [-0.2, -0.15) is 23.4 Å². The van der Waals surface area contributed by atoms with Gasteiger partial charge in [0.15, 0.2) is 0 Å². The number of aromatic amines is 1. The van der Waals surface area contributed by atoms with Crippen LogP contribution in [0.3, 0.4) is 0 Å². The van der Waals surface area contributed by atoms with Crippen molar-refractivity contribution in [1.82, 2.24) is 24.1 Å². The van der Waals surface area contributed by atoms with Crippen molar-refractivity contribution >= 4 is 34.7 Å². The van der Waals surface area contributed by atoms with Gasteiger partial charge in [0, 0.05) is 41.8 Å². The molecule has 0 fully saturated rings. The number of fused-ring (bicyclic) bond motifs is 1. The first-order valence-corrected chi connectivity index (χ1v) is 13.4. The van der Waals surface area contributed by atoms with Crippen LogP contribution in [0.1, 0.15) is 33.2 Å². The highest BCUT2D eigenvalue weighted by Crippen LogP contribution is 2.37. The van der Waals surface area contributed by atoms with Crippen LogP contribution in [-0.2, 0) is 25.7 Å². The molecule has 0 aliphatic carbocycles. The number of rotatable bonds is 7. The number of nitrogens with one attached hydrogen (secondary N) is 1. The fraction of sp³-hybridized carbons (Fsp3) is 0.148. The topological polar surface area (TPSA) is 113 Å². The Morgan fingerprint density at radius 1 is 1.10 bits per heavy atom. The summed E-state index contributed by atoms with van der Waals surface area (Å²) in [5.41, 5.74) is 0.0413. The number of alkyl halides is 3. The first kappa shape index (κ1) is 26.7. The summed E-state index contributed by atoms with van der Waals surface area (Å²) in [6, 6.07) is 8.64. The highest BCUT2D eigenvalue weighted by Gasteiger charge is 2.34. The number of halogens is 4. The van der Waals surface area contributed by atoms with Crippen LogP contribution in [-0.4, -0.2) is 35.4 Å². The summed E-state index contributed by atoms with van der Waals surface area (Å²) in [5.74, 6) is 0.791. The lowest BCUT2D eigenvalue weighted by Crippen LogP contribution is -2.18. The Morgan fingerprint density at radius 2 is 1.95 bits per heavy atom. The van der Waals surface area contributed by atoms with Gasteiger partial charge in [-0.15, -0.1) is 0 Å². The molecule has 0 atom stereocenters. The van der Waals surface area contributed by atoms with Gasteiger partial charge < -0.3 is 14.7 Å². The number of hydrogen-bond donors (Lipinski definition) is 2. The van der Waals surface area contributed by atoms with E-state index in [4.69, 9.17) is 11.6 Å². The van der Waals surface area contributed by atoms with Crippen molar-refractivity contribution in [2.45, 2.75) is 25.7 Å². The second kappa shape index (κ2) is 10.5. The first-order chi connectivity index (χ1) is 19.7. The molecular weight excluding hydrogens is 579 g/mol. The Morgan fingerprint density at radius 3 is 2.73 bits per heavy atom. The van der Waals surface area contributed by atoms with E-state index in [1.165, 1.54) is 18.3 Å². The second-order valence-corrected chi connectivity index (χ2v) is 10.6. The van der Waals surface area contributed by atoms with Gasteiger partial charge in [0.05, 0.1) is 35.1 Å². The van der Waals surface area contributed by atoms with E-state index in [9.17, 15) is 23.1 Å². The van der Waals surface area contributed by atoms with Gasteiger partial charge in [0.1, 0.15) is 11.6 Å². The van der Waals surface area contributed by atoms with Gasteiger partial charge in [-0.3, -0.25) is 9.36 Å². The lowest BCUT2D eigenvalue weighted by Gasteiger charge is -2.15. The number of benzene rings is 2. The van der Waals surface area contributed by atoms with Gasteiger partial charge >= 0.3 is 11.0 Å². The van der Waals surface area contributed by atoms with Gasteiger partial charge in [-0.25, -0.2) is 9.97 Å². The van der Waals surface area contributed by atoms with Crippen LogP contribution in [0.2, 0.25) is 5.02 Å². The number of hydrogen-bond acceptors (Lipinski definition) is 7. The van der Waals surface area contributed by atoms with Crippen LogP contribution in [0.15, 0.2) is 76.2 Å². The molecule has 0 spiro atoms. The van der Waals surface area contributed by atoms with Crippen molar-refractivity contribution in [1.29, 1.82) is 0 Å². The van der Waals surface area contributed by atoms with Crippen molar-refractivity contribution in [3.63, 3.8) is 0 Å². The molecule has 0 radical (unpaired) electrons. The minimum absolute atomic E-state index is 0.0540. The maximum Gasteiger partial charge on any atom is 0.416 e. The SMILES string of the molecule is O=c1sc(C(Cc2ccc(Cl)cc2C(F)(F)F)=c2ccc3c(c2)C=NN=3)c(O)n1Cc1nccn1Cc1ncc[nH]1. The Balaban J connectivity index is 1.47. The molecule has 0 amide bonds. The molecule has 14 heteroatoms. The zero-order valence-corrected chi connectivity index (χ0v) is 22.5. The Hall–Kier alpha value is -4.49. The van der Waals surface area contributed by atoms with E-state index in [2.05, 4.69) is 25.2 Å². The monoisotopic (exact) mass is 597 g/mol. The number of H-pyrrole nitrogens is 1. The molecule has 208 valence electrons. The van der Waals surface area contributed by atoms with Crippen molar-refractivity contribution in [2.24, 2.45) is 10.2 Å². The summed E-state index contributed by atoms with van der Waals surface area (Å²) in [7, 11) is 0. The van der Waals surface area contributed by atoms with Crippen LogP contribution >= 0.6 is 22.9 Å². The van der Waals surface area contributed by atoms with E-state index in [-0.39, 0.29) is 34.3 Å². The summed E-state index contributed by atoms with van der Waals surface area (Å²) in [6.45, 7) is 0.303.